The van der Waals surface area contributed by atoms with Crippen molar-refractivity contribution in [3.8, 4) is 0 Å². The van der Waals surface area contributed by atoms with Gasteiger partial charge in [0.25, 0.3) is 0 Å². The van der Waals surface area contributed by atoms with Crippen LogP contribution >= 0.6 is 6.26 Å². The van der Waals surface area contributed by atoms with Crippen molar-refractivity contribution in [1.29, 1.82) is 0 Å². The summed E-state index contributed by atoms with van der Waals surface area (Å²) in [6.07, 6.45) is -2.38. The first-order valence-corrected chi connectivity index (χ1v) is 10.6. The standard InChI is InChI=1S/C16H21O6PS/c17-9-13(8-12-4-2-1-3-5-12)10-23(22,24)11-14(16(20)21)6-7-15(18)19/h1-5,9,13-14H,6-8,10-11H2,(H,18,19)(H,20,21)(H,22,24). The Bertz CT molecular complexity index is 618. The van der Waals surface area contributed by atoms with Gasteiger partial charge in [0.1, 0.15) is 6.29 Å². The molecule has 0 heterocycles. The van der Waals surface area contributed by atoms with Gasteiger partial charge >= 0.3 is 11.9 Å². The zero-order valence-electron chi connectivity index (χ0n) is 13.1. The molecule has 3 N–H and O–H groups in total. The van der Waals surface area contributed by atoms with Gasteiger partial charge in [0, 0.05) is 24.7 Å². The number of benzene rings is 1. The number of carboxylic acids is 2. The van der Waals surface area contributed by atoms with E-state index in [-0.39, 0.29) is 25.2 Å². The molecule has 6 nitrogen and oxygen atoms in total. The van der Waals surface area contributed by atoms with Crippen LogP contribution in [0.5, 0.6) is 0 Å². The molecule has 0 aliphatic rings. The molecular formula is C16H21O6PS. The molecule has 24 heavy (non-hydrogen) atoms. The number of carboxylic acid groups (broad SMARTS) is 2. The summed E-state index contributed by atoms with van der Waals surface area (Å²) >= 11 is 5.17. The summed E-state index contributed by atoms with van der Waals surface area (Å²) in [5, 5.41) is 17.8. The number of carbonyl (C=O) groups excluding carboxylic acids is 1. The summed E-state index contributed by atoms with van der Waals surface area (Å²) in [5.74, 6) is -3.77. The van der Waals surface area contributed by atoms with Crippen LogP contribution in [0.15, 0.2) is 30.3 Å². The lowest BCUT2D eigenvalue weighted by Gasteiger charge is -2.22. The maximum atomic E-state index is 11.3. The van der Waals surface area contributed by atoms with E-state index in [1.54, 1.807) is 0 Å². The first kappa shape index (κ1) is 20.5. The minimum absolute atomic E-state index is 0.0532. The van der Waals surface area contributed by atoms with Crippen molar-refractivity contribution < 1.29 is 29.5 Å². The second-order valence-electron chi connectivity index (χ2n) is 5.76. The van der Waals surface area contributed by atoms with Gasteiger partial charge in [-0.1, -0.05) is 42.1 Å². The average molecular weight is 372 g/mol. The molecule has 0 aromatic heterocycles. The Balaban J connectivity index is 2.70. The molecule has 0 spiro atoms. The molecule has 1 aromatic carbocycles. The quantitative estimate of drug-likeness (QED) is 0.402. The third-order valence-electron chi connectivity index (χ3n) is 3.61. The Kier molecular flexibility index (Phi) is 8.25. The highest BCUT2D eigenvalue weighted by molar-refractivity contribution is 8.11. The van der Waals surface area contributed by atoms with Gasteiger partial charge in [0.15, 0.2) is 0 Å². The highest BCUT2D eigenvalue weighted by atomic mass is 32.4. The van der Waals surface area contributed by atoms with E-state index in [0.29, 0.717) is 6.42 Å². The minimum atomic E-state index is -3.04. The normalized spacial score (nSPS) is 15.9. The van der Waals surface area contributed by atoms with Crippen molar-refractivity contribution >= 4 is 36.3 Å². The van der Waals surface area contributed by atoms with Crippen molar-refractivity contribution in [2.75, 3.05) is 12.3 Å². The Morgan fingerprint density at radius 1 is 1.17 bits per heavy atom. The van der Waals surface area contributed by atoms with Crippen molar-refractivity contribution in [1.82, 2.24) is 0 Å². The van der Waals surface area contributed by atoms with Crippen LogP contribution < -0.4 is 0 Å². The van der Waals surface area contributed by atoms with Crippen LogP contribution in [0.2, 0.25) is 0 Å². The van der Waals surface area contributed by atoms with Gasteiger partial charge in [-0.15, -0.1) is 0 Å². The predicted molar refractivity (Wildman–Crippen MR) is 93.9 cm³/mol. The van der Waals surface area contributed by atoms with E-state index in [1.165, 1.54) is 0 Å². The van der Waals surface area contributed by atoms with Gasteiger partial charge in [0.2, 0.25) is 0 Å². The molecule has 1 rings (SSSR count). The summed E-state index contributed by atoms with van der Waals surface area (Å²) in [6.45, 7) is 0. The van der Waals surface area contributed by atoms with Gasteiger partial charge in [-0.25, -0.2) is 0 Å². The van der Waals surface area contributed by atoms with Gasteiger partial charge in [-0.05, 0) is 18.4 Å². The maximum Gasteiger partial charge on any atom is 0.306 e. The van der Waals surface area contributed by atoms with Crippen molar-refractivity contribution in [2.45, 2.75) is 19.3 Å². The van der Waals surface area contributed by atoms with Crippen LogP contribution in [0.25, 0.3) is 0 Å². The highest BCUT2D eigenvalue weighted by Gasteiger charge is 2.28. The molecule has 0 saturated carbocycles. The molecule has 1 aromatic rings. The molecule has 0 bridgehead atoms. The predicted octanol–water partition coefficient (Wildman–Crippen LogP) is 2.00. The number of hydrogen-bond donors (Lipinski definition) is 3. The maximum absolute atomic E-state index is 11.3. The lowest BCUT2D eigenvalue weighted by atomic mass is 10.0. The molecule has 0 fully saturated rings. The molecular weight excluding hydrogens is 351 g/mol. The van der Waals surface area contributed by atoms with E-state index in [9.17, 15) is 24.4 Å². The second kappa shape index (κ2) is 9.67. The Labute approximate surface area is 145 Å². The topological polar surface area (TPSA) is 112 Å². The lowest BCUT2D eigenvalue weighted by Crippen LogP contribution is -2.22. The molecule has 3 unspecified atom stereocenters. The van der Waals surface area contributed by atoms with E-state index >= 15 is 0 Å². The monoisotopic (exact) mass is 372 g/mol. The number of carbonyl (C=O) groups is 3. The van der Waals surface area contributed by atoms with Crippen molar-refractivity contribution in [2.24, 2.45) is 11.8 Å². The van der Waals surface area contributed by atoms with Crippen LogP contribution in [0.3, 0.4) is 0 Å². The highest BCUT2D eigenvalue weighted by Crippen LogP contribution is 2.45. The molecule has 3 atom stereocenters. The first-order chi connectivity index (χ1) is 11.2. The fourth-order valence-electron chi connectivity index (χ4n) is 2.45. The molecule has 8 heteroatoms. The Morgan fingerprint density at radius 2 is 1.79 bits per heavy atom. The summed E-state index contributed by atoms with van der Waals surface area (Å²) in [5.41, 5.74) is 0.935. The summed E-state index contributed by atoms with van der Waals surface area (Å²) in [6, 6.07) is 9.28. The van der Waals surface area contributed by atoms with Crippen LogP contribution in [0.4, 0.5) is 0 Å². The third kappa shape index (κ3) is 7.81. The Morgan fingerprint density at radius 3 is 2.29 bits per heavy atom. The molecule has 0 radical (unpaired) electrons. The van der Waals surface area contributed by atoms with E-state index < -0.39 is 30.0 Å². The van der Waals surface area contributed by atoms with E-state index in [2.05, 4.69) is 0 Å². The van der Waals surface area contributed by atoms with Gasteiger partial charge < -0.3 is 19.9 Å². The smallest absolute Gasteiger partial charge is 0.306 e. The number of aldehydes is 1. The second-order valence-corrected chi connectivity index (χ2v) is 10.2. The minimum Gasteiger partial charge on any atom is -0.481 e. The SMILES string of the molecule is O=CC(Cc1ccccc1)CP(O)(=S)CC(CCC(=O)O)C(=O)O. The zero-order chi connectivity index (χ0) is 18.2. The van der Waals surface area contributed by atoms with E-state index in [0.717, 1.165) is 11.8 Å². The number of rotatable bonds is 11. The first-order valence-electron chi connectivity index (χ1n) is 7.48. The zero-order valence-corrected chi connectivity index (χ0v) is 14.8. The van der Waals surface area contributed by atoms with E-state index in [4.69, 9.17) is 16.9 Å². The Hall–Kier alpha value is -1.56. The van der Waals surface area contributed by atoms with Crippen LogP contribution in [-0.4, -0.2) is 45.7 Å². The molecule has 0 aliphatic carbocycles. The number of hydrogen-bond acceptors (Lipinski definition) is 4. The number of aliphatic carboxylic acids is 2. The molecule has 0 aliphatic heterocycles. The lowest BCUT2D eigenvalue weighted by molar-refractivity contribution is -0.142. The fourth-order valence-corrected chi connectivity index (χ4v) is 5.69. The summed E-state index contributed by atoms with van der Waals surface area (Å²) in [7, 11) is 0. The van der Waals surface area contributed by atoms with Crippen LogP contribution in [0, 0.1) is 11.8 Å². The van der Waals surface area contributed by atoms with Crippen LogP contribution in [-0.2, 0) is 32.6 Å². The third-order valence-corrected chi connectivity index (χ3v) is 6.56. The summed E-state index contributed by atoms with van der Waals surface area (Å²) in [4.78, 5) is 43.6. The van der Waals surface area contributed by atoms with Gasteiger partial charge in [0.05, 0.1) is 12.2 Å². The van der Waals surface area contributed by atoms with Crippen molar-refractivity contribution in [3.63, 3.8) is 0 Å². The average Bonchev–Trinajstić information content (AvgIpc) is 2.51. The van der Waals surface area contributed by atoms with Crippen LogP contribution in [0.1, 0.15) is 18.4 Å². The van der Waals surface area contributed by atoms with Gasteiger partial charge in [-0.2, -0.15) is 0 Å². The van der Waals surface area contributed by atoms with Gasteiger partial charge in [-0.3, -0.25) is 9.59 Å². The largest absolute Gasteiger partial charge is 0.481 e. The molecule has 132 valence electrons. The molecule has 0 amide bonds. The van der Waals surface area contributed by atoms with E-state index in [1.807, 2.05) is 30.3 Å². The molecule has 0 saturated heterocycles. The fraction of sp³-hybridized carbons (Fsp3) is 0.438. The summed E-state index contributed by atoms with van der Waals surface area (Å²) < 4.78 is 0. The van der Waals surface area contributed by atoms with Crippen molar-refractivity contribution in [3.05, 3.63) is 35.9 Å².